The third-order valence-corrected chi connectivity index (χ3v) is 3.78. The van der Waals surface area contributed by atoms with E-state index in [1.807, 2.05) is 38.1 Å². The standard InChI is InChI=1S/C15H20N2O3/c1-3-10(2)16-15(20)17-9-12-7-5-4-6-11(12)8-13(17)14(18)19/h4-7,10,13H,3,8-9H2,1-2H3,(H,16,20)(H,18,19). The molecule has 0 saturated heterocycles. The van der Waals surface area contributed by atoms with Crippen molar-refractivity contribution in [1.29, 1.82) is 0 Å². The molecule has 2 unspecified atom stereocenters. The SMILES string of the molecule is CCC(C)NC(=O)N1Cc2ccccc2CC1C(=O)O. The number of carboxylic acid groups (broad SMARTS) is 1. The first-order chi connectivity index (χ1) is 9.52. The van der Waals surface area contributed by atoms with Gasteiger partial charge in [0, 0.05) is 19.0 Å². The zero-order valence-corrected chi connectivity index (χ0v) is 11.8. The smallest absolute Gasteiger partial charge is 0.326 e. The fourth-order valence-corrected chi connectivity index (χ4v) is 2.35. The Morgan fingerprint density at radius 1 is 1.40 bits per heavy atom. The molecule has 0 aliphatic carbocycles. The van der Waals surface area contributed by atoms with E-state index in [1.54, 1.807) is 0 Å². The molecule has 20 heavy (non-hydrogen) atoms. The van der Waals surface area contributed by atoms with E-state index in [9.17, 15) is 14.7 Å². The van der Waals surface area contributed by atoms with Gasteiger partial charge in [0.05, 0.1) is 0 Å². The predicted octanol–water partition coefficient (Wildman–Crippen LogP) is 2.01. The van der Waals surface area contributed by atoms with Crippen molar-refractivity contribution in [3.8, 4) is 0 Å². The van der Waals surface area contributed by atoms with E-state index < -0.39 is 12.0 Å². The number of carbonyl (C=O) groups is 2. The van der Waals surface area contributed by atoms with Crippen LogP contribution in [-0.4, -0.2) is 34.1 Å². The van der Waals surface area contributed by atoms with Gasteiger partial charge < -0.3 is 15.3 Å². The highest BCUT2D eigenvalue weighted by atomic mass is 16.4. The predicted molar refractivity (Wildman–Crippen MR) is 75.4 cm³/mol. The topological polar surface area (TPSA) is 69.6 Å². The number of amides is 2. The molecule has 2 rings (SSSR count). The molecule has 1 aromatic carbocycles. The van der Waals surface area contributed by atoms with Crippen LogP contribution < -0.4 is 5.32 Å². The molecule has 1 heterocycles. The molecule has 1 aromatic rings. The number of nitrogens with one attached hydrogen (secondary N) is 1. The molecule has 2 amide bonds. The number of benzene rings is 1. The first-order valence-corrected chi connectivity index (χ1v) is 6.89. The van der Waals surface area contributed by atoms with Crippen molar-refractivity contribution in [1.82, 2.24) is 10.2 Å². The van der Waals surface area contributed by atoms with Gasteiger partial charge in [0.1, 0.15) is 6.04 Å². The minimum Gasteiger partial charge on any atom is -0.480 e. The molecule has 0 spiro atoms. The largest absolute Gasteiger partial charge is 0.480 e. The van der Waals surface area contributed by atoms with Crippen molar-refractivity contribution in [3.05, 3.63) is 35.4 Å². The fourth-order valence-electron chi connectivity index (χ4n) is 2.35. The molecule has 5 nitrogen and oxygen atoms in total. The molecule has 108 valence electrons. The van der Waals surface area contributed by atoms with E-state index in [0.717, 1.165) is 17.5 Å². The third kappa shape index (κ3) is 2.92. The Morgan fingerprint density at radius 2 is 2.05 bits per heavy atom. The molecule has 1 aliphatic rings. The van der Waals surface area contributed by atoms with Crippen molar-refractivity contribution >= 4 is 12.0 Å². The molecule has 0 radical (unpaired) electrons. The summed E-state index contributed by atoms with van der Waals surface area (Å²) in [6.45, 7) is 4.23. The van der Waals surface area contributed by atoms with Gasteiger partial charge in [0.2, 0.25) is 0 Å². The molecule has 5 heteroatoms. The second-order valence-electron chi connectivity index (χ2n) is 5.21. The Labute approximate surface area is 118 Å². The summed E-state index contributed by atoms with van der Waals surface area (Å²) < 4.78 is 0. The highest BCUT2D eigenvalue weighted by molar-refractivity contribution is 5.83. The summed E-state index contributed by atoms with van der Waals surface area (Å²) in [5.41, 5.74) is 2.02. The summed E-state index contributed by atoms with van der Waals surface area (Å²) in [4.78, 5) is 25.1. The normalized spacial score (nSPS) is 19.1. The third-order valence-electron chi connectivity index (χ3n) is 3.78. The van der Waals surface area contributed by atoms with Gasteiger partial charge in [0.25, 0.3) is 0 Å². The number of hydrogen-bond donors (Lipinski definition) is 2. The molecular formula is C15H20N2O3. The second-order valence-corrected chi connectivity index (χ2v) is 5.21. The van der Waals surface area contributed by atoms with Crippen molar-refractivity contribution < 1.29 is 14.7 Å². The van der Waals surface area contributed by atoms with Crippen LogP contribution in [0.3, 0.4) is 0 Å². The second kappa shape index (κ2) is 5.94. The average Bonchev–Trinajstić information content (AvgIpc) is 2.45. The van der Waals surface area contributed by atoms with Gasteiger partial charge in [-0.05, 0) is 24.5 Å². The van der Waals surface area contributed by atoms with Crippen LogP contribution in [0, 0.1) is 0 Å². The monoisotopic (exact) mass is 276 g/mol. The maximum absolute atomic E-state index is 12.2. The van der Waals surface area contributed by atoms with Crippen LogP contribution in [0.25, 0.3) is 0 Å². The van der Waals surface area contributed by atoms with Crippen LogP contribution in [0.4, 0.5) is 4.79 Å². The van der Waals surface area contributed by atoms with E-state index in [4.69, 9.17) is 0 Å². The van der Waals surface area contributed by atoms with Crippen molar-refractivity contribution in [2.45, 2.75) is 45.3 Å². The quantitative estimate of drug-likeness (QED) is 0.887. The van der Waals surface area contributed by atoms with Crippen LogP contribution in [0.15, 0.2) is 24.3 Å². The van der Waals surface area contributed by atoms with Gasteiger partial charge in [-0.1, -0.05) is 31.2 Å². The number of urea groups is 1. The van der Waals surface area contributed by atoms with E-state index in [1.165, 1.54) is 4.90 Å². The molecule has 0 bridgehead atoms. The summed E-state index contributed by atoms with van der Waals surface area (Å²) in [5.74, 6) is -0.959. The molecule has 2 N–H and O–H groups in total. The number of aliphatic carboxylic acids is 1. The van der Waals surface area contributed by atoms with Crippen LogP contribution in [0.5, 0.6) is 0 Å². The zero-order valence-electron chi connectivity index (χ0n) is 11.8. The lowest BCUT2D eigenvalue weighted by molar-refractivity contribution is -0.142. The minimum atomic E-state index is -0.959. The van der Waals surface area contributed by atoms with Gasteiger partial charge in [-0.15, -0.1) is 0 Å². The first-order valence-electron chi connectivity index (χ1n) is 6.89. The molecule has 0 aromatic heterocycles. The number of carboxylic acids is 1. The first kappa shape index (κ1) is 14.4. The van der Waals surface area contributed by atoms with Crippen LogP contribution in [0.1, 0.15) is 31.4 Å². The van der Waals surface area contributed by atoms with E-state index in [0.29, 0.717) is 13.0 Å². The number of fused-ring (bicyclic) bond motifs is 1. The van der Waals surface area contributed by atoms with Gasteiger partial charge >= 0.3 is 12.0 Å². The number of carbonyl (C=O) groups excluding carboxylic acids is 1. The number of nitrogens with zero attached hydrogens (tertiary/aromatic N) is 1. The Hall–Kier alpha value is -2.04. The van der Waals surface area contributed by atoms with Gasteiger partial charge in [-0.25, -0.2) is 9.59 Å². The Morgan fingerprint density at radius 3 is 2.65 bits per heavy atom. The van der Waals surface area contributed by atoms with E-state index in [-0.39, 0.29) is 12.1 Å². The molecule has 0 saturated carbocycles. The lowest BCUT2D eigenvalue weighted by atomic mass is 9.94. The zero-order chi connectivity index (χ0) is 14.7. The molecular weight excluding hydrogens is 256 g/mol. The van der Waals surface area contributed by atoms with Crippen molar-refractivity contribution in [3.63, 3.8) is 0 Å². The highest BCUT2D eigenvalue weighted by Gasteiger charge is 2.34. The lowest BCUT2D eigenvalue weighted by Crippen LogP contribution is -2.53. The van der Waals surface area contributed by atoms with E-state index >= 15 is 0 Å². The van der Waals surface area contributed by atoms with Crippen LogP contribution in [0.2, 0.25) is 0 Å². The number of hydrogen-bond acceptors (Lipinski definition) is 2. The van der Waals surface area contributed by atoms with Crippen molar-refractivity contribution in [2.75, 3.05) is 0 Å². The summed E-state index contributed by atoms with van der Waals surface area (Å²) in [6, 6.07) is 6.60. The van der Waals surface area contributed by atoms with E-state index in [2.05, 4.69) is 5.32 Å². The average molecular weight is 276 g/mol. The van der Waals surface area contributed by atoms with Gasteiger partial charge in [-0.3, -0.25) is 0 Å². The summed E-state index contributed by atoms with van der Waals surface area (Å²) in [7, 11) is 0. The maximum atomic E-state index is 12.2. The lowest BCUT2D eigenvalue weighted by Gasteiger charge is -2.35. The minimum absolute atomic E-state index is 0.0362. The molecule has 2 atom stereocenters. The van der Waals surface area contributed by atoms with Crippen LogP contribution in [-0.2, 0) is 17.8 Å². The fraction of sp³-hybridized carbons (Fsp3) is 0.467. The summed E-state index contributed by atoms with van der Waals surface area (Å²) in [6.07, 6.45) is 1.17. The van der Waals surface area contributed by atoms with Crippen LogP contribution >= 0.6 is 0 Å². The van der Waals surface area contributed by atoms with Gasteiger partial charge in [0.15, 0.2) is 0 Å². The molecule has 1 aliphatic heterocycles. The van der Waals surface area contributed by atoms with Crippen molar-refractivity contribution in [2.24, 2.45) is 0 Å². The summed E-state index contributed by atoms with van der Waals surface area (Å²) >= 11 is 0. The van der Waals surface area contributed by atoms with Gasteiger partial charge in [-0.2, -0.15) is 0 Å². The Balaban J connectivity index is 2.22. The number of rotatable bonds is 3. The Kier molecular flexibility index (Phi) is 4.27. The highest BCUT2D eigenvalue weighted by Crippen LogP contribution is 2.23. The maximum Gasteiger partial charge on any atom is 0.326 e. The summed E-state index contributed by atoms with van der Waals surface area (Å²) in [5, 5.41) is 12.2. The Bertz CT molecular complexity index is 516. The molecule has 0 fully saturated rings.